The summed E-state index contributed by atoms with van der Waals surface area (Å²) in [6, 6.07) is 0. The molecule has 0 aromatic carbocycles. The molecule has 4 heteroatoms. The fourth-order valence-electron chi connectivity index (χ4n) is 1.48. The van der Waals surface area contributed by atoms with Crippen LogP contribution in [0.2, 0.25) is 0 Å². The van der Waals surface area contributed by atoms with Crippen LogP contribution in [0.4, 0.5) is 8.78 Å². The van der Waals surface area contributed by atoms with Gasteiger partial charge in [0.1, 0.15) is 12.4 Å². The van der Waals surface area contributed by atoms with E-state index in [1.807, 2.05) is 0 Å². The Hall–Kier alpha value is -0.510. The number of halogens is 2. The Morgan fingerprint density at radius 2 is 2.14 bits per heavy atom. The van der Waals surface area contributed by atoms with Crippen molar-refractivity contribution in [3.05, 3.63) is 0 Å². The quantitative estimate of drug-likeness (QED) is 0.598. The monoisotopic (exact) mass is 206 g/mol. The minimum Gasteiger partial charge on any atom is -0.375 e. The normalized spacial score (nSPS) is 17.1. The Bertz CT molecular complexity index is 179. The first-order valence-corrected chi connectivity index (χ1v) is 5.06. The van der Waals surface area contributed by atoms with Crippen molar-refractivity contribution in [2.75, 3.05) is 13.2 Å². The summed E-state index contributed by atoms with van der Waals surface area (Å²) < 4.78 is 27.9. The summed E-state index contributed by atoms with van der Waals surface area (Å²) in [5, 5.41) is 0. The van der Waals surface area contributed by atoms with Crippen LogP contribution in [-0.4, -0.2) is 25.4 Å². The maximum Gasteiger partial charge on any atom is 0.261 e. The lowest BCUT2D eigenvalue weighted by Gasteiger charge is -2.24. The third-order valence-corrected chi connectivity index (χ3v) is 2.51. The number of carbonyl (C=O) groups excluding carboxylic acids is 1. The van der Waals surface area contributed by atoms with Gasteiger partial charge in [-0.2, -0.15) is 0 Å². The summed E-state index contributed by atoms with van der Waals surface area (Å²) in [5.74, 6) is 0.696. The van der Waals surface area contributed by atoms with Crippen molar-refractivity contribution in [3.63, 3.8) is 0 Å². The van der Waals surface area contributed by atoms with Crippen LogP contribution in [0.3, 0.4) is 0 Å². The highest BCUT2D eigenvalue weighted by Crippen LogP contribution is 2.29. The fourth-order valence-corrected chi connectivity index (χ4v) is 1.48. The second-order valence-electron chi connectivity index (χ2n) is 3.76. The van der Waals surface area contributed by atoms with Crippen molar-refractivity contribution in [1.82, 2.24) is 0 Å². The molecular formula is C10H16F2O2. The second kappa shape index (κ2) is 6.06. The van der Waals surface area contributed by atoms with Gasteiger partial charge in [0.05, 0.1) is 6.61 Å². The number of ether oxygens (including phenoxy) is 1. The zero-order valence-corrected chi connectivity index (χ0v) is 8.18. The van der Waals surface area contributed by atoms with Crippen molar-refractivity contribution in [3.8, 4) is 0 Å². The molecule has 0 aliphatic heterocycles. The molecule has 0 heterocycles. The van der Waals surface area contributed by atoms with E-state index >= 15 is 0 Å². The number of Topliss-reactive ketones (excluding diaryl/α,β-unsaturated/α-hetero) is 1. The molecular weight excluding hydrogens is 190 g/mol. The van der Waals surface area contributed by atoms with Crippen LogP contribution < -0.4 is 0 Å². The fraction of sp³-hybridized carbons (Fsp3) is 0.900. The van der Waals surface area contributed by atoms with Crippen LogP contribution in [0.15, 0.2) is 0 Å². The number of rotatable bonds is 7. The molecule has 0 spiro atoms. The van der Waals surface area contributed by atoms with Gasteiger partial charge in [0.2, 0.25) is 0 Å². The number of hydrogen-bond acceptors (Lipinski definition) is 2. The van der Waals surface area contributed by atoms with E-state index in [4.69, 9.17) is 0 Å². The molecule has 1 fully saturated rings. The van der Waals surface area contributed by atoms with E-state index in [2.05, 4.69) is 4.74 Å². The van der Waals surface area contributed by atoms with Crippen molar-refractivity contribution < 1.29 is 18.3 Å². The molecule has 0 N–H and O–H groups in total. The van der Waals surface area contributed by atoms with Gasteiger partial charge >= 0.3 is 0 Å². The highest BCUT2D eigenvalue weighted by molar-refractivity contribution is 5.78. The molecule has 0 atom stereocenters. The van der Waals surface area contributed by atoms with Gasteiger partial charge in [-0.15, -0.1) is 0 Å². The molecule has 0 saturated heterocycles. The maximum absolute atomic E-state index is 11.6. The molecule has 1 aliphatic carbocycles. The van der Waals surface area contributed by atoms with Crippen molar-refractivity contribution in [2.24, 2.45) is 5.92 Å². The van der Waals surface area contributed by atoms with Crippen LogP contribution in [0.1, 0.15) is 32.1 Å². The number of alkyl halides is 2. The van der Waals surface area contributed by atoms with E-state index < -0.39 is 13.0 Å². The Morgan fingerprint density at radius 1 is 1.43 bits per heavy atom. The first-order chi connectivity index (χ1) is 6.68. The van der Waals surface area contributed by atoms with Gasteiger partial charge < -0.3 is 4.74 Å². The summed E-state index contributed by atoms with van der Waals surface area (Å²) in [4.78, 5) is 11.2. The van der Waals surface area contributed by atoms with Gasteiger partial charge in [-0.3, -0.25) is 4.79 Å². The van der Waals surface area contributed by atoms with E-state index in [1.54, 1.807) is 0 Å². The SMILES string of the molecule is O=C(CCOCC(F)F)CC1CCC1. The van der Waals surface area contributed by atoms with Crippen molar-refractivity contribution in [1.29, 1.82) is 0 Å². The minimum absolute atomic E-state index is 0.135. The predicted octanol–water partition coefficient (Wildman–Crippen LogP) is 2.42. The van der Waals surface area contributed by atoms with Gasteiger partial charge in [0, 0.05) is 12.8 Å². The predicted molar refractivity (Wildman–Crippen MR) is 48.4 cm³/mol. The summed E-state index contributed by atoms with van der Waals surface area (Å²) in [6.45, 7) is -0.424. The van der Waals surface area contributed by atoms with E-state index in [-0.39, 0.29) is 18.8 Å². The summed E-state index contributed by atoms with van der Waals surface area (Å²) in [5.41, 5.74) is 0. The molecule has 1 aliphatic rings. The Kier molecular flexibility index (Phi) is 5.01. The van der Waals surface area contributed by atoms with Gasteiger partial charge in [-0.25, -0.2) is 8.78 Å². The van der Waals surface area contributed by atoms with Crippen LogP contribution in [-0.2, 0) is 9.53 Å². The lowest BCUT2D eigenvalue weighted by molar-refractivity contribution is -0.122. The van der Waals surface area contributed by atoms with Crippen LogP contribution in [0.25, 0.3) is 0 Å². The van der Waals surface area contributed by atoms with E-state index in [9.17, 15) is 13.6 Å². The molecule has 2 nitrogen and oxygen atoms in total. The number of ketones is 1. The molecule has 82 valence electrons. The van der Waals surface area contributed by atoms with Crippen LogP contribution in [0, 0.1) is 5.92 Å². The second-order valence-corrected chi connectivity index (χ2v) is 3.76. The summed E-state index contributed by atoms with van der Waals surface area (Å²) in [7, 11) is 0. The smallest absolute Gasteiger partial charge is 0.261 e. The molecule has 1 rings (SSSR count). The standard InChI is InChI=1S/C10H16F2O2/c11-10(12)7-14-5-4-9(13)6-8-2-1-3-8/h8,10H,1-7H2. The highest BCUT2D eigenvalue weighted by Gasteiger charge is 2.20. The Morgan fingerprint density at radius 3 is 2.64 bits per heavy atom. The molecule has 0 aromatic rings. The topological polar surface area (TPSA) is 26.3 Å². The number of hydrogen-bond donors (Lipinski definition) is 0. The minimum atomic E-state index is -2.43. The largest absolute Gasteiger partial charge is 0.375 e. The van der Waals surface area contributed by atoms with Gasteiger partial charge in [0.15, 0.2) is 0 Å². The first-order valence-electron chi connectivity index (χ1n) is 5.06. The Balaban J connectivity index is 1.92. The molecule has 14 heavy (non-hydrogen) atoms. The van der Waals surface area contributed by atoms with Crippen molar-refractivity contribution in [2.45, 2.75) is 38.5 Å². The highest BCUT2D eigenvalue weighted by atomic mass is 19.3. The van der Waals surface area contributed by atoms with Gasteiger partial charge in [-0.05, 0) is 5.92 Å². The molecule has 1 saturated carbocycles. The van der Waals surface area contributed by atoms with Crippen LogP contribution in [0.5, 0.6) is 0 Å². The number of carbonyl (C=O) groups is 1. The summed E-state index contributed by atoms with van der Waals surface area (Å²) >= 11 is 0. The molecule has 0 radical (unpaired) electrons. The zero-order chi connectivity index (χ0) is 10.4. The van der Waals surface area contributed by atoms with Crippen molar-refractivity contribution >= 4 is 5.78 Å². The van der Waals surface area contributed by atoms with E-state index in [0.29, 0.717) is 12.3 Å². The molecule has 0 aromatic heterocycles. The van der Waals surface area contributed by atoms with Crippen LogP contribution >= 0.6 is 0 Å². The first kappa shape index (κ1) is 11.6. The summed E-state index contributed by atoms with van der Waals surface area (Å²) in [6.07, 6.45) is 1.96. The van der Waals surface area contributed by atoms with Gasteiger partial charge in [0.25, 0.3) is 6.43 Å². The maximum atomic E-state index is 11.6. The van der Waals surface area contributed by atoms with E-state index in [1.165, 1.54) is 6.42 Å². The lowest BCUT2D eigenvalue weighted by atomic mass is 9.81. The van der Waals surface area contributed by atoms with E-state index in [0.717, 1.165) is 12.8 Å². The third-order valence-electron chi connectivity index (χ3n) is 2.51. The van der Waals surface area contributed by atoms with Gasteiger partial charge in [-0.1, -0.05) is 19.3 Å². The molecule has 0 bridgehead atoms. The average Bonchev–Trinajstić information content (AvgIpc) is 2.05. The Labute approximate surface area is 82.6 Å². The zero-order valence-electron chi connectivity index (χ0n) is 8.18. The molecule has 0 amide bonds. The third kappa shape index (κ3) is 4.65. The molecule has 0 unspecified atom stereocenters. The average molecular weight is 206 g/mol. The lowest BCUT2D eigenvalue weighted by Crippen LogP contribution is -2.17.